The van der Waals surface area contributed by atoms with Crippen LogP contribution in [0.5, 0.6) is 0 Å². The highest BCUT2D eigenvalue weighted by Crippen LogP contribution is 2.40. The molecule has 1 amide bonds. The first-order valence-electron chi connectivity index (χ1n) is 6.56. The number of thioether (sulfide) groups is 1. The van der Waals surface area contributed by atoms with Crippen molar-refractivity contribution in [1.82, 2.24) is 4.90 Å². The molecular weight excluding hydrogens is 250 g/mol. The van der Waals surface area contributed by atoms with E-state index in [-0.39, 0.29) is 11.7 Å². The van der Waals surface area contributed by atoms with Crippen LogP contribution in [-0.2, 0) is 4.79 Å². The number of hydrogen-bond acceptors (Lipinski definition) is 4. The van der Waals surface area contributed by atoms with Gasteiger partial charge in [0.1, 0.15) is 5.41 Å². The molecule has 1 saturated heterocycles. The predicted molar refractivity (Wildman–Crippen MR) is 72.8 cm³/mol. The third kappa shape index (κ3) is 2.43. The molecule has 102 valence electrons. The Balaban J connectivity index is 2.17. The molecule has 6 heteroatoms. The van der Waals surface area contributed by atoms with Gasteiger partial charge >= 0.3 is 0 Å². The van der Waals surface area contributed by atoms with Gasteiger partial charge in [0.25, 0.3) is 0 Å². The van der Waals surface area contributed by atoms with Crippen molar-refractivity contribution in [1.29, 1.82) is 0 Å². The van der Waals surface area contributed by atoms with Crippen LogP contribution < -0.4 is 5.73 Å². The van der Waals surface area contributed by atoms with Gasteiger partial charge in [-0.25, -0.2) is 0 Å². The van der Waals surface area contributed by atoms with E-state index in [1.54, 1.807) is 0 Å². The van der Waals surface area contributed by atoms with Gasteiger partial charge in [0.15, 0.2) is 5.84 Å². The van der Waals surface area contributed by atoms with Crippen molar-refractivity contribution in [3.05, 3.63) is 0 Å². The molecule has 0 aromatic carbocycles. The lowest BCUT2D eigenvalue weighted by Gasteiger charge is -2.32. The van der Waals surface area contributed by atoms with Crippen LogP contribution in [0.3, 0.4) is 0 Å². The van der Waals surface area contributed by atoms with Crippen LogP contribution >= 0.6 is 11.8 Å². The summed E-state index contributed by atoms with van der Waals surface area (Å²) in [5.74, 6) is 2.26. The SMILES string of the molecule is N/C(=N/O)C1(C(=O)N2CCCSCC2)CCCC1. The zero-order valence-corrected chi connectivity index (χ0v) is 11.4. The molecule has 0 aromatic heterocycles. The van der Waals surface area contributed by atoms with Crippen molar-refractivity contribution >= 4 is 23.5 Å². The Morgan fingerprint density at radius 2 is 1.94 bits per heavy atom. The van der Waals surface area contributed by atoms with Gasteiger partial charge in [0.05, 0.1) is 0 Å². The van der Waals surface area contributed by atoms with E-state index in [0.717, 1.165) is 43.9 Å². The normalized spacial score (nSPS) is 24.9. The first-order valence-corrected chi connectivity index (χ1v) is 7.71. The van der Waals surface area contributed by atoms with Crippen molar-refractivity contribution in [3.8, 4) is 0 Å². The molecule has 0 unspecified atom stereocenters. The van der Waals surface area contributed by atoms with Crippen molar-refractivity contribution in [2.75, 3.05) is 24.6 Å². The van der Waals surface area contributed by atoms with Gasteiger partial charge in [0, 0.05) is 18.8 Å². The smallest absolute Gasteiger partial charge is 0.236 e. The van der Waals surface area contributed by atoms with Crippen LogP contribution in [0.15, 0.2) is 5.16 Å². The Bertz CT molecular complexity index is 332. The molecule has 2 rings (SSSR count). The van der Waals surface area contributed by atoms with Gasteiger partial charge < -0.3 is 15.8 Å². The topological polar surface area (TPSA) is 78.9 Å². The number of rotatable bonds is 2. The van der Waals surface area contributed by atoms with E-state index in [9.17, 15) is 4.79 Å². The predicted octanol–water partition coefficient (Wildman–Crippen LogP) is 1.26. The Morgan fingerprint density at radius 1 is 1.22 bits per heavy atom. The lowest BCUT2D eigenvalue weighted by molar-refractivity contribution is -0.138. The number of oxime groups is 1. The average Bonchev–Trinajstić information content (AvgIpc) is 2.74. The summed E-state index contributed by atoms with van der Waals surface area (Å²) >= 11 is 1.89. The van der Waals surface area contributed by atoms with Gasteiger partial charge in [0.2, 0.25) is 5.91 Å². The Labute approximate surface area is 112 Å². The van der Waals surface area contributed by atoms with E-state index in [4.69, 9.17) is 10.9 Å². The van der Waals surface area contributed by atoms with E-state index in [0.29, 0.717) is 12.8 Å². The second kappa shape index (κ2) is 5.82. The molecular formula is C12H21N3O2S. The fourth-order valence-corrected chi connectivity index (χ4v) is 3.79. The van der Waals surface area contributed by atoms with E-state index in [2.05, 4.69) is 5.16 Å². The zero-order valence-electron chi connectivity index (χ0n) is 10.6. The summed E-state index contributed by atoms with van der Waals surface area (Å²) in [4.78, 5) is 14.6. The summed E-state index contributed by atoms with van der Waals surface area (Å²) in [7, 11) is 0. The molecule has 3 N–H and O–H groups in total. The number of carbonyl (C=O) groups excluding carboxylic acids is 1. The number of nitrogens with two attached hydrogens (primary N) is 1. The molecule has 1 heterocycles. The van der Waals surface area contributed by atoms with E-state index >= 15 is 0 Å². The molecule has 2 fully saturated rings. The van der Waals surface area contributed by atoms with Gasteiger partial charge in [-0.05, 0) is 25.0 Å². The lowest BCUT2D eigenvalue weighted by atomic mass is 9.83. The standard InChI is InChI=1S/C12H21N3O2S/c13-10(14-17)12(4-1-2-5-12)11(16)15-6-3-8-18-9-7-15/h17H,1-9H2,(H2,13,14). The highest BCUT2D eigenvalue weighted by molar-refractivity contribution is 7.99. The number of amides is 1. The summed E-state index contributed by atoms with van der Waals surface area (Å²) in [5, 5.41) is 12.1. The van der Waals surface area contributed by atoms with Crippen LogP contribution in [0, 0.1) is 5.41 Å². The second-order valence-corrected chi connectivity index (χ2v) is 6.26. The molecule has 2 aliphatic rings. The molecule has 18 heavy (non-hydrogen) atoms. The molecule has 0 aromatic rings. The van der Waals surface area contributed by atoms with Gasteiger partial charge in [-0.15, -0.1) is 0 Å². The summed E-state index contributed by atoms with van der Waals surface area (Å²) in [5.41, 5.74) is 5.07. The monoisotopic (exact) mass is 271 g/mol. The minimum absolute atomic E-state index is 0.0674. The highest BCUT2D eigenvalue weighted by Gasteiger charge is 2.47. The van der Waals surface area contributed by atoms with Crippen molar-refractivity contribution < 1.29 is 10.0 Å². The fourth-order valence-electron chi connectivity index (χ4n) is 2.91. The number of hydrogen-bond donors (Lipinski definition) is 2. The van der Waals surface area contributed by atoms with Crippen LogP contribution in [0.2, 0.25) is 0 Å². The largest absolute Gasteiger partial charge is 0.409 e. The molecule has 1 aliphatic carbocycles. The maximum atomic E-state index is 12.7. The highest BCUT2D eigenvalue weighted by atomic mass is 32.2. The fraction of sp³-hybridized carbons (Fsp3) is 0.833. The first-order chi connectivity index (χ1) is 8.70. The van der Waals surface area contributed by atoms with Crippen LogP contribution in [0.4, 0.5) is 0 Å². The third-order valence-electron chi connectivity index (χ3n) is 3.97. The maximum Gasteiger partial charge on any atom is 0.236 e. The Hall–Kier alpha value is -0.910. The number of nitrogens with zero attached hydrogens (tertiary/aromatic N) is 2. The first kappa shape index (κ1) is 13.5. The molecule has 0 spiro atoms. The summed E-state index contributed by atoms with van der Waals surface area (Å²) in [6, 6.07) is 0. The summed E-state index contributed by atoms with van der Waals surface area (Å²) in [6.07, 6.45) is 4.41. The quantitative estimate of drug-likeness (QED) is 0.343. The van der Waals surface area contributed by atoms with E-state index in [1.807, 2.05) is 16.7 Å². The lowest BCUT2D eigenvalue weighted by Crippen LogP contribution is -2.50. The molecule has 1 saturated carbocycles. The van der Waals surface area contributed by atoms with E-state index in [1.165, 1.54) is 0 Å². The minimum atomic E-state index is -0.732. The zero-order chi connectivity index (χ0) is 13.0. The second-order valence-electron chi connectivity index (χ2n) is 5.03. The van der Waals surface area contributed by atoms with Crippen molar-refractivity contribution in [2.24, 2.45) is 16.3 Å². The molecule has 0 bridgehead atoms. The number of amidine groups is 1. The minimum Gasteiger partial charge on any atom is -0.409 e. The van der Waals surface area contributed by atoms with Crippen molar-refractivity contribution in [2.45, 2.75) is 32.1 Å². The molecule has 0 radical (unpaired) electrons. The molecule has 1 aliphatic heterocycles. The Kier molecular flexibility index (Phi) is 4.37. The van der Waals surface area contributed by atoms with E-state index < -0.39 is 5.41 Å². The average molecular weight is 271 g/mol. The third-order valence-corrected chi connectivity index (χ3v) is 5.02. The molecule has 0 atom stereocenters. The Morgan fingerprint density at radius 3 is 2.61 bits per heavy atom. The van der Waals surface area contributed by atoms with Gasteiger partial charge in [-0.2, -0.15) is 11.8 Å². The summed E-state index contributed by atoms with van der Waals surface area (Å²) < 4.78 is 0. The van der Waals surface area contributed by atoms with Gasteiger partial charge in [-0.1, -0.05) is 18.0 Å². The number of carbonyl (C=O) groups is 1. The van der Waals surface area contributed by atoms with Crippen LogP contribution in [0.25, 0.3) is 0 Å². The van der Waals surface area contributed by atoms with Crippen molar-refractivity contribution in [3.63, 3.8) is 0 Å². The maximum absolute atomic E-state index is 12.7. The van der Waals surface area contributed by atoms with Crippen LogP contribution in [-0.4, -0.2) is 46.4 Å². The van der Waals surface area contributed by atoms with Gasteiger partial charge in [-0.3, -0.25) is 4.79 Å². The summed E-state index contributed by atoms with van der Waals surface area (Å²) in [6.45, 7) is 1.58. The molecule has 5 nitrogen and oxygen atoms in total. The van der Waals surface area contributed by atoms with Crippen LogP contribution in [0.1, 0.15) is 32.1 Å².